The molecule has 74 valence electrons. The van der Waals surface area contributed by atoms with Crippen molar-refractivity contribution in [2.24, 2.45) is 11.3 Å². The number of fused-ring (bicyclic) bond motifs is 1. The topological polar surface area (TPSA) is 34.1 Å². The third kappa shape index (κ3) is 1.10. The standard InChI is InChI=1S/C12H14O2/c1-8-7-10(13)9-5-3-4-6-12(9,2)11(8)14/h3-4,7,9H,5-6H2,1-2H3/t9-,12-/m1/s1. The lowest BCUT2D eigenvalue weighted by Gasteiger charge is -2.39. The van der Waals surface area contributed by atoms with Gasteiger partial charge in [-0.3, -0.25) is 9.59 Å². The number of carbonyl (C=O) groups is 2. The molecular formula is C12H14O2. The smallest absolute Gasteiger partial charge is 0.165 e. The molecule has 0 saturated carbocycles. The van der Waals surface area contributed by atoms with Gasteiger partial charge in [-0.25, -0.2) is 0 Å². The Morgan fingerprint density at radius 1 is 1.36 bits per heavy atom. The molecule has 14 heavy (non-hydrogen) atoms. The first-order valence-corrected chi connectivity index (χ1v) is 4.97. The lowest BCUT2D eigenvalue weighted by atomic mass is 9.62. The van der Waals surface area contributed by atoms with Crippen LogP contribution in [0.25, 0.3) is 0 Å². The van der Waals surface area contributed by atoms with Crippen LogP contribution in [-0.2, 0) is 9.59 Å². The van der Waals surface area contributed by atoms with Crippen LogP contribution in [0.1, 0.15) is 26.7 Å². The first kappa shape index (κ1) is 9.38. The molecule has 2 rings (SSSR count). The molecule has 0 amide bonds. The second-order valence-corrected chi connectivity index (χ2v) is 4.44. The maximum absolute atomic E-state index is 12.0. The average molecular weight is 190 g/mol. The normalized spacial score (nSPS) is 36.7. The summed E-state index contributed by atoms with van der Waals surface area (Å²) in [6.07, 6.45) is 6.94. The molecule has 0 unspecified atom stereocenters. The Kier molecular flexibility index (Phi) is 1.95. The van der Waals surface area contributed by atoms with Gasteiger partial charge in [-0.15, -0.1) is 0 Å². The Morgan fingerprint density at radius 3 is 2.79 bits per heavy atom. The molecule has 0 aromatic rings. The number of Topliss-reactive ketones (excluding diaryl/α,β-unsaturated/α-hetero) is 1. The van der Waals surface area contributed by atoms with Gasteiger partial charge in [0.2, 0.25) is 0 Å². The number of carbonyl (C=O) groups excluding carboxylic acids is 2. The molecule has 0 heterocycles. The van der Waals surface area contributed by atoms with Crippen molar-refractivity contribution in [1.82, 2.24) is 0 Å². The lowest BCUT2D eigenvalue weighted by molar-refractivity contribution is -0.136. The van der Waals surface area contributed by atoms with Gasteiger partial charge in [-0.2, -0.15) is 0 Å². The van der Waals surface area contributed by atoms with Gasteiger partial charge in [0.1, 0.15) is 0 Å². The van der Waals surface area contributed by atoms with Crippen molar-refractivity contribution in [3.8, 4) is 0 Å². The molecule has 0 aliphatic heterocycles. The van der Waals surface area contributed by atoms with E-state index in [1.54, 1.807) is 6.92 Å². The van der Waals surface area contributed by atoms with Gasteiger partial charge in [-0.05, 0) is 31.4 Å². The highest BCUT2D eigenvalue weighted by Crippen LogP contribution is 2.43. The number of ketones is 2. The quantitative estimate of drug-likeness (QED) is 0.548. The van der Waals surface area contributed by atoms with Gasteiger partial charge in [0.25, 0.3) is 0 Å². The van der Waals surface area contributed by atoms with Crippen LogP contribution < -0.4 is 0 Å². The fraction of sp³-hybridized carbons (Fsp3) is 0.500. The van der Waals surface area contributed by atoms with Gasteiger partial charge in [0, 0.05) is 11.3 Å². The summed E-state index contributed by atoms with van der Waals surface area (Å²) in [5.74, 6) is 0.143. The fourth-order valence-electron chi connectivity index (χ4n) is 2.47. The average Bonchev–Trinajstić information content (AvgIpc) is 2.15. The first-order chi connectivity index (χ1) is 6.55. The van der Waals surface area contributed by atoms with Crippen molar-refractivity contribution in [3.63, 3.8) is 0 Å². The van der Waals surface area contributed by atoms with E-state index in [4.69, 9.17) is 0 Å². The Morgan fingerprint density at radius 2 is 2.07 bits per heavy atom. The Balaban J connectivity index is 2.50. The molecule has 2 aliphatic carbocycles. The fourth-order valence-corrected chi connectivity index (χ4v) is 2.47. The van der Waals surface area contributed by atoms with Crippen molar-refractivity contribution < 1.29 is 9.59 Å². The van der Waals surface area contributed by atoms with Gasteiger partial charge >= 0.3 is 0 Å². The Hall–Kier alpha value is -1.18. The van der Waals surface area contributed by atoms with Crippen LogP contribution in [0.4, 0.5) is 0 Å². The lowest BCUT2D eigenvalue weighted by Crippen LogP contribution is -2.44. The minimum Gasteiger partial charge on any atom is -0.294 e. The summed E-state index contributed by atoms with van der Waals surface area (Å²) in [6, 6.07) is 0. The molecule has 0 aromatic carbocycles. The predicted octanol–water partition coefficient (Wildman–Crippen LogP) is 2.06. The summed E-state index contributed by atoms with van der Waals surface area (Å²) in [5, 5.41) is 0. The van der Waals surface area contributed by atoms with Gasteiger partial charge in [0.05, 0.1) is 0 Å². The van der Waals surface area contributed by atoms with Crippen molar-refractivity contribution in [2.45, 2.75) is 26.7 Å². The molecule has 2 atom stereocenters. The molecule has 2 aliphatic rings. The second kappa shape index (κ2) is 2.91. The molecule has 0 aromatic heterocycles. The number of rotatable bonds is 0. The third-order valence-electron chi connectivity index (χ3n) is 3.43. The highest BCUT2D eigenvalue weighted by Gasteiger charge is 2.47. The van der Waals surface area contributed by atoms with E-state index in [0.717, 1.165) is 0 Å². The van der Waals surface area contributed by atoms with E-state index in [-0.39, 0.29) is 17.5 Å². The molecule has 0 bridgehead atoms. The molecule has 0 radical (unpaired) electrons. The van der Waals surface area contributed by atoms with Crippen LogP contribution in [0.3, 0.4) is 0 Å². The Labute approximate surface area is 83.7 Å². The van der Waals surface area contributed by atoms with Gasteiger partial charge in [-0.1, -0.05) is 19.1 Å². The molecule has 0 fully saturated rings. The monoisotopic (exact) mass is 190 g/mol. The molecule has 2 nitrogen and oxygen atoms in total. The molecular weight excluding hydrogens is 176 g/mol. The highest BCUT2D eigenvalue weighted by atomic mass is 16.1. The maximum Gasteiger partial charge on any atom is 0.165 e. The number of hydrogen-bond donors (Lipinski definition) is 0. The zero-order chi connectivity index (χ0) is 10.3. The molecule has 0 spiro atoms. The van der Waals surface area contributed by atoms with Crippen molar-refractivity contribution in [3.05, 3.63) is 23.8 Å². The molecule has 2 heteroatoms. The third-order valence-corrected chi connectivity index (χ3v) is 3.43. The van der Waals surface area contributed by atoms with Crippen LogP contribution in [0, 0.1) is 11.3 Å². The van der Waals surface area contributed by atoms with Crippen molar-refractivity contribution in [2.75, 3.05) is 0 Å². The molecule has 0 N–H and O–H groups in total. The first-order valence-electron chi connectivity index (χ1n) is 4.97. The van der Waals surface area contributed by atoms with Gasteiger partial charge < -0.3 is 0 Å². The van der Waals surface area contributed by atoms with Crippen LogP contribution in [0.5, 0.6) is 0 Å². The SMILES string of the molecule is CC1=CC(=O)[C@H]2CC=CC[C@@]2(C)C1=O. The van der Waals surface area contributed by atoms with E-state index < -0.39 is 5.41 Å². The largest absolute Gasteiger partial charge is 0.294 e. The van der Waals surface area contributed by atoms with Crippen LogP contribution in [0.2, 0.25) is 0 Å². The van der Waals surface area contributed by atoms with Crippen molar-refractivity contribution >= 4 is 11.6 Å². The van der Waals surface area contributed by atoms with Crippen LogP contribution in [0.15, 0.2) is 23.8 Å². The summed E-state index contributed by atoms with van der Waals surface area (Å²) >= 11 is 0. The van der Waals surface area contributed by atoms with E-state index in [1.807, 2.05) is 19.1 Å². The summed E-state index contributed by atoms with van der Waals surface area (Å²) in [6.45, 7) is 3.65. The highest BCUT2D eigenvalue weighted by molar-refractivity contribution is 6.12. The minimum absolute atomic E-state index is 0.119. The summed E-state index contributed by atoms with van der Waals surface area (Å²) < 4.78 is 0. The zero-order valence-electron chi connectivity index (χ0n) is 8.54. The summed E-state index contributed by atoms with van der Waals surface area (Å²) in [4.78, 5) is 23.7. The van der Waals surface area contributed by atoms with E-state index in [9.17, 15) is 9.59 Å². The minimum atomic E-state index is -0.468. The predicted molar refractivity (Wildman–Crippen MR) is 53.7 cm³/mol. The van der Waals surface area contributed by atoms with E-state index in [1.165, 1.54) is 6.08 Å². The van der Waals surface area contributed by atoms with Gasteiger partial charge in [0.15, 0.2) is 11.6 Å². The van der Waals surface area contributed by atoms with E-state index in [0.29, 0.717) is 18.4 Å². The van der Waals surface area contributed by atoms with Crippen LogP contribution >= 0.6 is 0 Å². The number of allylic oxidation sites excluding steroid dienone is 4. The summed E-state index contributed by atoms with van der Waals surface area (Å²) in [5.41, 5.74) is 0.147. The van der Waals surface area contributed by atoms with E-state index >= 15 is 0 Å². The summed E-state index contributed by atoms with van der Waals surface area (Å²) in [7, 11) is 0. The Bertz CT molecular complexity index is 363. The maximum atomic E-state index is 12.0. The van der Waals surface area contributed by atoms with Crippen LogP contribution in [-0.4, -0.2) is 11.6 Å². The molecule has 0 saturated heterocycles. The number of hydrogen-bond acceptors (Lipinski definition) is 2. The zero-order valence-corrected chi connectivity index (χ0v) is 8.54. The second-order valence-electron chi connectivity index (χ2n) is 4.44. The van der Waals surface area contributed by atoms with Crippen molar-refractivity contribution in [1.29, 1.82) is 0 Å². The van der Waals surface area contributed by atoms with E-state index in [2.05, 4.69) is 0 Å².